The summed E-state index contributed by atoms with van der Waals surface area (Å²) in [6.07, 6.45) is 0.779. The Labute approximate surface area is 94.5 Å². The number of ketones is 1. The van der Waals surface area contributed by atoms with E-state index in [9.17, 15) is 13.6 Å². The van der Waals surface area contributed by atoms with Crippen LogP contribution in [0.1, 0.15) is 44.0 Å². The zero-order chi connectivity index (χ0) is 12.3. The number of hydrogen-bond acceptors (Lipinski definition) is 1. The molecule has 0 aliphatic carbocycles. The number of benzene rings is 1. The third-order valence-corrected chi connectivity index (χ3v) is 2.34. The minimum atomic E-state index is -0.779. The maximum Gasteiger partial charge on any atom is 0.168 e. The fraction of sp³-hybridized carbons (Fsp3) is 0.462. The summed E-state index contributed by atoms with van der Waals surface area (Å²) in [6, 6.07) is 3.46. The number of halogens is 2. The van der Waals surface area contributed by atoms with Crippen molar-refractivity contribution in [3.05, 3.63) is 35.4 Å². The van der Waals surface area contributed by atoms with Gasteiger partial charge in [0.2, 0.25) is 0 Å². The molecule has 0 amide bonds. The minimum absolute atomic E-state index is 0.0165. The van der Waals surface area contributed by atoms with Crippen molar-refractivity contribution in [1.82, 2.24) is 0 Å². The Morgan fingerprint density at radius 3 is 2.12 bits per heavy atom. The highest BCUT2D eigenvalue weighted by Crippen LogP contribution is 2.23. The maximum absolute atomic E-state index is 13.3. The third-order valence-electron chi connectivity index (χ3n) is 2.34. The molecule has 88 valence electrons. The lowest BCUT2D eigenvalue weighted by molar-refractivity contribution is 0.0957. The molecule has 0 fully saturated rings. The molecule has 0 bridgehead atoms. The Bertz CT molecular complexity index is 371. The molecule has 16 heavy (non-hydrogen) atoms. The number of carbonyl (C=O) groups excluding carboxylic acids is 1. The molecular weight excluding hydrogens is 210 g/mol. The first kappa shape index (κ1) is 12.8. The van der Waals surface area contributed by atoms with E-state index in [1.807, 2.05) is 20.8 Å². The standard InChI is InChI=1S/C13H16F2O/c1-13(2,3)8-7-11(16)12-9(14)5-4-6-10(12)15/h4-6H,7-8H2,1-3H3. The van der Waals surface area contributed by atoms with Crippen molar-refractivity contribution in [3.8, 4) is 0 Å². The first-order valence-corrected chi connectivity index (χ1v) is 5.28. The summed E-state index contributed by atoms with van der Waals surface area (Å²) in [5.74, 6) is -2.02. The summed E-state index contributed by atoms with van der Waals surface area (Å²) in [7, 11) is 0. The fourth-order valence-corrected chi connectivity index (χ4v) is 1.38. The van der Waals surface area contributed by atoms with Gasteiger partial charge in [-0.05, 0) is 24.0 Å². The van der Waals surface area contributed by atoms with Gasteiger partial charge in [0.05, 0.1) is 5.56 Å². The van der Waals surface area contributed by atoms with Crippen LogP contribution < -0.4 is 0 Å². The first-order valence-electron chi connectivity index (χ1n) is 5.28. The van der Waals surface area contributed by atoms with Crippen LogP contribution >= 0.6 is 0 Å². The van der Waals surface area contributed by atoms with E-state index in [0.29, 0.717) is 6.42 Å². The third kappa shape index (κ3) is 3.40. The second-order valence-corrected chi connectivity index (χ2v) is 5.08. The van der Waals surface area contributed by atoms with Crippen molar-refractivity contribution in [2.75, 3.05) is 0 Å². The largest absolute Gasteiger partial charge is 0.294 e. The number of rotatable bonds is 3. The highest BCUT2D eigenvalue weighted by Gasteiger charge is 2.19. The van der Waals surface area contributed by atoms with Crippen molar-refractivity contribution in [2.24, 2.45) is 5.41 Å². The van der Waals surface area contributed by atoms with Gasteiger partial charge in [-0.1, -0.05) is 26.8 Å². The van der Waals surface area contributed by atoms with Crippen LogP contribution in [-0.4, -0.2) is 5.78 Å². The lowest BCUT2D eigenvalue weighted by Crippen LogP contribution is -2.11. The van der Waals surface area contributed by atoms with Gasteiger partial charge in [-0.3, -0.25) is 4.79 Å². The van der Waals surface area contributed by atoms with E-state index in [1.165, 1.54) is 6.07 Å². The van der Waals surface area contributed by atoms with Crippen LogP contribution in [0.5, 0.6) is 0 Å². The monoisotopic (exact) mass is 226 g/mol. The lowest BCUT2D eigenvalue weighted by atomic mass is 9.88. The molecule has 1 nitrogen and oxygen atoms in total. The van der Waals surface area contributed by atoms with Gasteiger partial charge >= 0.3 is 0 Å². The summed E-state index contributed by atoms with van der Waals surface area (Å²) >= 11 is 0. The van der Waals surface area contributed by atoms with Gasteiger partial charge in [-0.2, -0.15) is 0 Å². The van der Waals surface area contributed by atoms with E-state index < -0.39 is 23.0 Å². The molecule has 0 saturated carbocycles. The molecule has 1 aromatic rings. The van der Waals surface area contributed by atoms with Gasteiger partial charge in [0.1, 0.15) is 11.6 Å². The first-order chi connectivity index (χ1) is 7.31. The van der Waals surface area contributed by atoms with Gasteiger partial charge < -0.3 is 0 Å². The Morgan fingerprint density at radius 1 is 1.19 bits per heavy atom. The highest BCUT2D eigenvalue weighted by atomic mass is 19.1. The molecule has 0 spiro atoms. The molecule has 0 aliphatic heterocycles. The van der Waals surface area contributed by atoms with Gasteiger partial charge in [0, 0.05) is 6.42 Å². The van der Waals surface area contributed by atoms with Crippen LogP contribution in [-0.2, 0) is 0 Å². The van der Waals surface area contributed by atoms with Crippen molar-refractivity contribution >= 4 is 5.78 Å². The average molecular weight is 226 g/mol. The second-order valence-electron chi connectivity index (χ2n) is 5.08. The second kappa shape index (κ2) is 4.73. The topological polar surface area (TPSA) is 17.1 Å². The SMILES string of the molecule is CC(C)(C)CCC(=O)c1c(F)cccc1F. The van der Waals surface area contributed by atoms with Crippen LogP contribution in [0.25, 0.3) is 0 Å². The molecule has 0 aromatic heterocycles. The summed E-state index contributed by atoms with van der Waals surface area (Å²) in [5, 5.41) is 0. The van der Waals surface area contributed by atoms with E-state index in [1.54, 1.807) is 0 Å². The number of hydrogen-bond donors (Lipinski definition) is 0. The number of carbonyl (C=O) groups is 1. The van der Waals surface area contributed by atoms with E-state index >= 15 is 0 Å². The zero-order valence-corrected chi connectivity index (χ0v) is 9.81. The van der Waals surface area contributed by atoms with Crippen molar-refractivity contribution < 1.29 is 13.6 Å². The molecule has 0 radical (unpaired) electrons. The Balaban J connectivity index is 2.81. The zero-order valence-electron chi connectivity index (χ0n) is 9.81. The molecule has 0 aliphatic rings. The van der Waals surface area contributed by atoms with Crippen LogP contribution in [0.3, 0.4) is 0 Å². The van der Waals surface area contributed by atoms with Crippen LogP contribution in [0.2, 0.25) is 0 Å². The minimum Gasteiger partial charge on any atom is -0.294 e. The molecule has 3 heteroatoms. The molecule has 1 aromatic carbocycles. The van der Waals surface area contributed by atoms with Gasteiger partial charge in [-0.15, -0.1) is 0 Å². The van der Waals surface area contributed by atoms with Crippen LogP contribution in [0.4, 0.5) is 8.78 Å². The predicted octanol–water partition coefficient (Wildman–Crippen LogP) is 3.97. The lowest BCUT2D eigenvalue weighted by Gasteiger charge is -2.17. The quantitative estimate of drug-likeness (QED) is 0.712. The maximum atomic E-state index is 13.3. The molecular formula is C13H16F2O. The van der Waals surface area contributed by atoms with Gasteiger partial charge in [0.25, 0.3) is 0 Å². The summed E-state index contributed by atoms with van der Waals surface area (Å²) in [6.45, 7) is 5.95. The van der Waals surface area contributed by atoms with E-state index in [2.05, 4.69) is 0 Å². The Kier molecular flexibility index (Phi) is 3.79. The smallest absolute Gasteiger partial charge is 0.168 e. The summed E-state index contributed by atoms with van der Waals surface area (Å²) < 4.78 is 26.5. The van der Waals surface area contributed by atoms with Crippen LogP contribution in [0, 0.1) is 17.0 Å². The Hall–Kier alpha value is -1.25. The van der Waals surface area contributed by atoms with Crippen molar-refractivity contribution in [3.63, 3.8) is 0 Å². The molecule has 0 unspecified atom stereocenters. The van der Waals surface area contributed by atoms with Crippen LogP contribution in [0.15, 0.2) is 18.2 Å². The summed E-state index contributed by atoms with van der Waals surface area (Å²) in [4.78, 5) is 11.7. The van der Waals surface area contributed by atoms with Crippen molar-refractivity contribution in [1.29, 1.82) is 0 Å². The Morgan fingerprint density at radius 2 is 1.69 bits per heavy atom. The average Bonchev–Trinajstić information content (AvgIpc) is 2.13. The predicted molar refractivity (Wildman–Crippen MR) is 59.4 cm³/mol. The normalized spacial score (nSPS) is 11.6. The van der Waals surface area contributed by atoms with Gasteiger partial charge in [-0.25, -0.2) is 8.78 Å². The van der Waals surface area contributed by atoms with Crippen molar-refractivity contribution in [2.45, 2.75) is 33.6 Å². The molecule has 0 N–H and O–H groups in total. The van der Waals surface area contributed by atoms with E-state index in [4.69, 9.17) is 0 Å². The highest BCUT2D eigenvalue weighted by molar-refractivity contribution is 5.96. The van der Waals surface area contributed by atoms with E-state index in [0.717, 1.165) is 12.1 Å². The molecule has 0 saturated heterocycles. The van der Waals surface area contributed by atoms with E-state index in [-0.39, 0.29) is 11.8 Å². The molecule has 1 rings (SSSR count). The summed E-state index contributed by atoms with van der Waals surface area (Å²) in [5.41, 5.74) is -0.427. The molecule has 0 heterocycles. The van der Waals surface area contributed by atoms with Gasteiger partial charge in [0.15, 0.2) is 5.78 Å². The fourth-order valence-electron chi connectivity index (χ4n) is 1.38. The molecule has 0 atom stereocenters. The number of Topliss-reactive ketones (excluding diaryl/α,β-unsaturated/α-hetero) is 1.